The number of rotatable bonds is 9. The molecular formula is C19H32N6O3. The Morgan fingerprint density at radius 1 is 1.25 bits per heavy atom. The lowest BCUT2D eigenvalue weighted by molar-refractivity contribution is -0.384. The van der Waals surface area contributed by atoms with Crippen LogP contribution in [-0.4, -0.2) is 73.8 Å². The van der Waals surface area contributed by atoms with Crippen molar-refractivity contribution in [2.24, 2.45) is 4.99 Å². The van der Waals surface area contributed by atoms with Gasteiger partial charge in [0, 0.05) is 44.3 Å². The summed E-state index contributed by atoms with van der Waals surface area (Å²) in [4.78, 5) is 17.8. The molecule has 1 heterocycles. The van der Waals surface area contributed by atoms with Gasteiger partial charge < -0.3 is 20.7 Å². The van der Waals surface area contributed by atoms with E-state index >= 15 is 0 Å². The molecule has 9 heteroatoms. The van der Waals surface area contributed by atoms with Crippen molar-refractivity contribution < 1.29 is 9.66 Å². The van der Waals surface area contributed by atoms with Gasteiger partial charge in [0.05, 0.1) is 24.7 Å². The van der Waals surface area contributed by atoms with Crippen LogP contribution < -0.4 is 16.0 Å². The van der Waals surface area contributed by atoms with E-state index in [-0.39, 0.29) is 16.1 Å². The van der Waals surface area contributed by atoms with Crippen LogP contribution in [0.3, 0.4) is 0 Å². The molecule has 0 aliphatic carbocycles. The SMILES string of the molecule is CCNC(=NCC(C)(C)N1CCOCC1)NCCNc1ccccc1[N+](=O)[O-]. The molecule has 1 aliphatic heterocycles. The van der Waals surface area contributed by atoms with E-state index in [1.54, 1.807) is 18.2 Å². The molecule has 0 saturated carbocycles. The molecule has 0 atom stereocenters. The molecular weight excluding hydrogens is 360 g/mol. The average molecular weight is 393 g/mol. The van der Waals surface area contributed by atoms with Crippen LogP contribution in [0.5, 0.6) is 0 Å². The van der Waals surface area contributed by atoms with Gasteiger partial charge in [-0.1, -0.05) is 12.1 Å². The maximum atomic E-state index is 11.1. The zero-order chi connectivity index (χ0) is 20.4. The maximum absolute atomic E-state index is 11.1. The first-order chi connectivity index (χ1) is 13.4. The van der Waals surface area contributed by atoms with E-state index in [1.807, 2.05) is 6.92 Å². The number of anilines is 1. The van der Waals surface area contributed by atoms with Gasteiger partial charge in [0.25, 0.3) is 5.69 Å². The highest BCUT2D eigenvalue weighted by atomic mass is 16.6. The zero-order valence-electron chi connectivity index (χ0n) is 17.0. The Labute approximate surface area is 166 Å². The van der Waals surface area contributed by atoms with Crippen LogP contribution in [0, 0.1) is 10.1 Å². The Hall–Kier alpha value is -2.39. The summed E-state index contributed by atoms with van der Waals surface area (Å²) >= 11 is 0. The lowest BCUT2D eigenvalue weighted by Crippen LogP contribution is -2.52. The molecule has 1 aromatic carbocycles. The smallest absolute Gasteiger partial charge is 0.292 e. The average Bonchev–Trinajstić information content (AvgIpc) is 2.70. The zero-order valence-corrected chi connectivity index (χ0v) is 17.0. The molecule has 28 heavy (non-hydrogen) atoms. The summed E-state index contributed by atoms with van der Waals surface area (Å²) in [5.74, 6) is 0.744. The maximum Gasteiger partial charge on any atom is 0.292 e. The largest absolute Gasteiger partial charge is 0.379 e. The third kappa shape index (κ3) is 6.65. The van der Waals surface area contributed by atoms with E-state index in [2.05, 4.69) is 34.7 Å². The third-order valence-electron chi connectivity index (χ3n) is 4.67. The van der Waals surface area contributed by atoms with E-state index in [1.165, 1.54) is 6.07 Å². The Bertz CT molecular complexity index is 659. The molecule has 9 nitrogen and oxygen atoms in total. The minimum atomic E-state index is -0.380. The number of nitrogens with zero attached hydrogens (tertiary/aromatic N) is 3. The number of aliphatic imine (C=N–C) groups is 1. The molecule has 0 radical (unpaired) electrons. The number of morpholine rings is 1. The monoisotopic (exact) mass is 392 g/mol. The molecule has 156 valence electrons. The molecule has 0 aromatic heterocycles. The van der Waals surface area contributed by atoms with Crippen LogP contribution in [0.4, 0.5) is 11.4 Å². The summed E-state index contributed by atoms with van der Waals surface area (Å²) in [7, 11) is 0. The van der Waals surface area contributed by atoms with Crippen molar-refractivity contribution in [2.45, 2.75) is 26.3 Å². The number of ether oxygens (including phenoxy) is 1. The minimum absolute atomic E-state index is 0.0466. The van der Waals surface area contributed by atoms with Crippen molar-refractivity contribution in [3.8, 4) is 0 Å². The van der Waals surface area contributed by atoms with Crippen LogP contribution in [-0.2, 0) is 4.74 Å². The molecule has 1 saturated heterocycles. The van der Waals surface area contributed by atoms with E-state index < -0.39 is 0 Å². The van der Waals surface area contributed by atoms with Gasteiger partial charge in [-0.05, 0) is 26.8 Å². The van der Waals surface area contributed by atoms with Crippen molar-refractivity contribution in [2.75, 3.05) is 57.8 Å². The Morgan fingerprint density at radius 3 is 2.64 bits per heavy atom. The molecule has 0 unspecified atom stereocenters. The van der Waals surface area contributed by atoms with Gasteiger partial charge in [0.15, 0.2) is 5.96 Å². The first kappa shape index (κ1) is 21.9. The van der Waals surface area contributed by atoms with E-state index in [4.69, 9.17) is 9.73 Å². The van der Waals surface area contributed by atoms with Gasteiger partial charge in [-0.2, -0.15) is 0 Å². The van der Waals surface area contributed by atoms with Crippen LogP contribution >= 0.6 is 0 Å². The number of hydrogen-bond acceptors (Lipinski definition) is 6. The van der Waals surface area contributed by atoms with Gasteiger partial charge in [-0.25, -0.2) is 0 Å². The van der Waals surface area contributed by atoms with Gasteiger partial charge in [0.1, 0.15) is 5.69 Å². The quantitative estimate of drug-likeness (QED) is 0.193. The second-order valence-corrected chi connectivity index (χ2v) is 7.23. The van der Waals surface area contributed by atoms with Gasteiger partial charge >= 0.3 is 0 Å². The topological polar surface area (TPSA) is 104 Å². The highest BCUT2D eigenvalue weighted by Gasteiger charge is 2.28. The minimum Gasteiger partial charge on any atom is -0.379 e. The summed E-state index contributed by atoms with van der Waals surface area (Å²) in [6.07, 6.45) is 0. The van der Waals surface area contributed by atoms with Gasteiger partial charge in [-0.15, -0.1) is 0 Å². The molecule has 0 amide bonds. The Morgan fingerprint density at radius 2 is 1.96 bits per heavy atom. The van der Waals surface area contributed by atoms with Gasteiger partial charge in [0.2, 0.25) is 0 Å². The summed E-state index contributed by atoms with van der Waals surface area (Å²) in [6, 6.07) is 6.65. The summed E-state index contributed by atoms with van der Waals surface area (Å²) < 4.78 is 5.43. The molecule has 3 N–H and O–H groups in total. The number of hydrogen-bond donors (Lipinski definition) is 3. The third-order valence-corrected chi connectivity index (χ3v) is 4.67. The van der Waals surface area contributed by atoms with Crippen molar-refractivity contribution in [3.05, 3.63) is 34.4 Å². The Balaban J connectivity index is 1.85. The van der Waals surface area contributed by atoms with Crippen molar-refractivity contribution in [1.82, 2.24) is 15.5 Å². The molecule has 0 spiro atoms. The summed E-state index contributed by atoms with van der Waals surface area (Å²) in [5.41, 5.74) is 0.551. The first-order valence-electron chi connectivity index (χ1n) is 9.76. The number of nitro groups is 1. The number of guanidine groups is 1. The van der Waals surface area contributed by atoms with E-state index in [9.17, 15) is 10.1 Å². The predicted molar refractivity (Wildman–Crippen MR) is 112 cm³/mol. The van der Waals surface area contributed by atoms with Crippen LogP contribution in [0.25, 0.3) is 0 Å². The molecule has 2 rings (SSSR count). The predicted octanol–water partition coefficient (Wildman–Crippen LogP) is 1.67. The van der Waals surface area contributed by atoms with E-state index in [0.717, 1.165) is 38.8 Å². The van der Waals surface area contributed by atoms with Crippen LogP contribution in [0.15, 0.2) is 29.3 Å². The molecule has 1 fully saturated rings. The summed E-state index contributed by atoms with van der Waals surface area (Å²) in [5, 5.41) is 20.7. The van der Waals surface area contributed by atoms with Crippen molar-refractivity contribution >= 4 is 17.3 Å². The lowest BCUT2D eigenvalue weighted by Gasteiger charge is -2.39. The standard InChI is InChI=1S/C19H32N6O3/c1-4-20-18(23-15-19(2,3)24-11-13-28-14-12-24)22-10-9-21-16-7-5-6-8-17(16)25(26)27/h5-8,21H,4,9-15H2,1-3H3,(H2,20,22,23). The molecule has 1 aromatic rings. The normalized spacial score (nSPS) is 15.9. The second-order valence-electron chi connectivity index (χ2n) is 7.23. The fourth-order valence-corrected chi connectivity index (χ4v) is 3.04. The fourth-order valence-electron chi connectivity index (χ4n) is 3.04. The number of benzene rings is 1. The number of nitro benzene ring substituents is 1. The van der Waals surface area contributed by atoms with Crippen molar-refractivity contribution in [3.63, 3.8) is 0 Å². The fraction of sp³-hybridized carbons (Fsp3) is 0.632. The highest BCUT2D eigenvalue weighted by Crippen LogP contribution is 2.22. The van der Waals surface area contributed by atoms with Crippen LogP contribution in [0.1, 0.15) is 20.8 Å². The van der Waals surface area contributed by atoms with Crippen molar-refractivity contribution in [1.29, 1.82) is 0 Å². The lowest BCUT2D eigenvalue weighted by atomic mass is 10.0. The van der Waals surface area contributed by atoms with E-state index in [0.29, 0.717) is 25.3 Å². The molecule has 0 bridgehead atoms. The molecule has 1 aliphatic rings. The number of para-hydroxylation sites is 2. The second kappa shape index (κ2) is 10.8. The Kier molecular flexibility index (Phi) is 8.46. The first-order valence-corrected chi connectivity index (χ1v) is 9.76. The van der Waals surface area contributed by atoms with Crippen LogP contribution in [0.2, 0.25) is 0 Å². The number of nitrogens with one attached hydrogen (secondary N) is 3. The van der Waals surface area contributed by atoms with Gasteiger partial charge in [-0.3, -0.25) is 20.0 Å². The summed E-state index contributed by atoms with van der Waals surface area (Å²) in [6.45, 7) is 12.4. The highest BCUT2D eigenvalue weighted by molar-refractivity contribution is 5.79.